The topological polar surface area (TPSA) is 45.9 Å². The van der Waals surface area contributed by atoms with Crippen molar-refractivity contribution in [3.05, 3.63) is 53.3 Å². The Morgan fingerprint density at radius 1 is 1.31 bits per heavy atom. The van der Waals surface area contributed by atoms with Crippen molar-refractivity contribution in [2.24, 2.45) is 0 Å². The molecule has 0 amide bonds. The number of hydrogen-bond acceptors (Lipinski definition) is 3. The van der Waals surface area contributed by atoms with Crippen LogP contribution in [0, 0.1) is 11.3 Å². The predicted octanol–water partition coefficient (Wildman–Crippen LogP) is 3.40. The molecular weight excluding hydrogens is 224 g/mol. The Kier molecular flexibility index (Phi) is 3.04. The van der Waals surface area contributed by atoms with E-state index in [1.54, 1.807) is 36.5 Å². The second kappa shape index (κ2) is 4.65. The van der Waals surface area contributed by atoms with Gasteiger partial charge in [0.2, 0.25) is 0 Å². The van der Waals surface area contributed by atoms with Crippen LogP contribution in [0.3, 0.4) is 0 Å². The summed E-state index contributed by atoms with van der Waals surface area (Å²) in [5, 5.41) is 9.45. The highest BCUT2D eigenvalue weighted by Crippen LogP contribution is 2.25. The van der Waals surface area contributed by atoms with Crippen molar-refractivity contribution >= 4 is 11.6 Å². The Labute approximate surface area is 97.9 Å². The van der Waals surface area contributed by atoms with Gasteiger partial charge in [0.05, 0.1) is 11.8 Å². The SMILES string of the molecule is N#Cc1ccncc1Oc1cccc(Cl)c1. The maximum absolute atomic E-state index is 8.87. The lowest BCUT2D eigenvalue weighted by atomic mass is 10.3. The van der Waals surface area contributed by atoms with Crippen LogP contribution in [0.25, 0.3) is 0 Å². The third kappa shape index (κ3) is 2.30. The van der Waals surface area contributed by atoms with E-state index >= 15 is 0 Å². The number of hydrogen-bond donors (Lipinski definition) is 0. The third-order valence-corrected chi connectivity index (χ3v) is 2.16. The molecular formula is C12H7ClN2O. The van der Waals surface area contributed by atoms with E-state index in [0.29, 0.717) is 22.1 Å². The first kappa shape index (κ1) is 10.5. The standard InChI is InChI=1S/C12H7ClN2O/c13-10-2-1-3-11(6-10)16-12-8-15-5-4-9(12)7-14/h1-6,8H. The van der Waals surface area contributed by atoms with Gasteiger partial charge in [-0.1, -0.05) is 17.7 Å². The van der Waals surface area contributed by atoms with Crippen LogP contribution < -0.4 is 4.74 Å². The first-order valence-electron chi connectivity index (χ1n) is 4.57. The Bertz CT molecular complexity index is 549. The molecule has 0 atom stereocenters. The van der Waals surface area contributed by atoms with E-state index in [-0.39, 0.29) is 0 Å². The zero-order valence-corrected chi connectivity index (χ0v) is 8.98. The number of ether oxygens (including phenoxy) is 1. The average Bonchev–Trinajstić information content (AvgIpc) is 2.30. The summed E-state index contributed by atoms with van der Waals surface area (Å²) in [7, 11) is 0. The van der Waals surface area contributed by atoms with Gasteiger partial charge in [0.25, 0.3) is 0 Å². The fraction of sp³-hybridized carbons (Fsp3) is 0. The van der Waals surface area contributed by atoms with Gasteiger partial charge in [-0.2, -0.15) is 5.26 Å². The van der Waals surface area contributed by atoms with Gasteiger partial charge >= 0.3 is 0 Å². The summed E-state index contributed by atoms with van der Waals surface area (Å²) in [6, 6.07) is 10.6. The van der Waals surface area contributed by atoms with Gasteiger partial charge in [-0.25, -0.2) is 0 Å². The summed E-state index contributed by atoms with van der Waals surface area (Å²) in [6.45, 7) is 0. The summed E-state index contributed by atoms with van der Waals surface area (Å²) < 4.78 is 5.51. The molecule has 0 bridgehead atoms. The second-order valence-corrected chi connectivity index (χ2v) is 3.48. The predicted molar refractivity (Wildman–Crippen MR) is 60.5 cm³/mol. The molecule has 1 heterocycles. The van der Waals surface area contributed by atoms with Crippen molar-refractivity contribution in [1.82, 2.24) is 4.98 Å². The number of halogens is 1. The summed E-state index contributed by atoms with van der Waals surface area (Å²) >= 11 is 5.82. The summed E-state index contributed by atoms with van der Waals surface area (Å²) in [5.74, 6) is 1.00. The highest BCUT2D eigenvalue weighted by Gasteiger charge is 2.04. The van der Waals surface area contributed by atoms with E-state index in [0.717, 1.165) is 0 Å². The molecule has 0 aliphatic rings. The van der Waals surface area contributed by atoms with Crippen LogP contribution in [0.15, 0.2) is 42.7 Å². The fourth-order valence-corrected chi connectivity index (χ4v) is 1.39. The lowest BCUT2D eigenvalue weighted by Crippen LogP contribution is -1.88. The molecule has 0 spiro atoms. The molecule has 0 saturated heterocycles. The number of pyridine rings is 1. The van der Waals surface area contributed by atoms with Crippen molar-refractivity contribution < 1.29 is 4.74 Å². The number of nitrogens with zero attached hydrogens (tertiary/aromatic N) is 2. The van der Waals surface area contributed by atoms with Gasteiger partial charge in [-0.3, -0.25) is 4.98 Å². The normalized spacial score (nSPS) is 9.50. The van der Waals surface area contributed by atoms with Crippen molar-refractivity contribution in [3.8, 4) is 17.6 Å². The molecule has 0 radical (unpaired) electrons. The molecule has 0 N–H and O–H groups in total. The van der Waals surface area contributed by atoms with Crippen LogP contribution in [-0.4, -0.2) is 4.98 Å². The van der Waals surface area contributed by atoms with Gasteiger partial charge in [0.1, 0.15) is 11.8 Å². The molecule has 78 valence electrons. The maximum atomic E-state index is 8.87. The maximum Gasteiger partial charge on any atom is 0.163 e. The zero-order chi connectivity index (χ0) is 11.4. The monoisotopic (exact) mass is 230 g/mol. The van der Waals surface area contributed by atoms with Gasteiger partial charge in [0, 0.05) is 11.2 Å². The summed E-state index contributed by atoms with van der Waals surface area (Å²) in [5.41, 5.74) is 0.440. The van der Waals surface area contributed by atoms with Gasteiger partial charge in [0.15, 0.2) is 5.75 Å². The molecule has 2 rings (SSSR count). The average molecular weight is 231 g/mol. The van der Waals surface area contributed by atoms with Crippen molar-refractivity contribution in [1.29, 1.82) is 5.26 Å². The quantitative estimate of drug-likeness (QED) is 0.794. The number of nitriles is 1. The summed E-state index contributed by atoms with van der Waals surface area (Å²) in [4.78, 5) is 3.90. The fourth-order valence-electron chi connectivity index (χ4n) is 1.21. The highest BCUT2D eigenvalue weighted by atomic mass is 35.5. The molecule has 16 heavy (non-hydrogen) atoms. The zero-order valence-electron chi connectivity index (χ0n) is 8.22. The molecule has 1 aromatic heterocycles. The van der Waals surface area contributed by atoms with E-state index in [1.807, 2.05) is 6.07 Å². The van der Waals surface area contributed by atoms with Gasteiger partial charge in [-0.05, 0) is 24.3 Å². The molecule has 4 heteroatoms. The Balaban J connectivity index is 2.31. The second-order valence-electron chi connectivity index (χ2n) is 3.04. The van der Waals surface area contributed by atoms with Crippen LogP contribution in [0.4, 0.5) is 0 Å². The Morgan fingerprint density at radius 3 is 2.94 bits per heavy atom. The lowest BCUT2D eigenvalue weighted by molar-refractivity contribution is 0.478. The van der Waals surface area contributed by atoms with Crippen molar-refractivity contribution in [2.75, 3.05) is 0 Å². The van der Waals surface area contributed by atoms with E-state index in [2.05, 4.69) is 4.98 Å². The minimum atomic E-state index is 0.423. The first-order chi connectivity index (χ1) is 7.79. The van der Waals surface area contributed by atoms with E-state index in [4.69, 9.17) is 21.6 Å². The number of rotatable bonds is 2. The Morgan fingerprint density at radius 2 is 2.19 bits per heavy atom. The third-order valence-electron chi connectivity index (χ3n) is 1.93. The molecule has 0 aliphatic heterocycles. The van der Waals surface area contributed by atoms with Gasteiger partial charge < -0.3 is 4.74 Å². The minimum absolute atomic E-state index is 0.423. The summed E-state index contributed by atoms with van der Waals surface area (Å²) in [6.07, 6.45) is 3.04. The van der Waals surface area contributed by atoms with Gasteiger partial charge in [-0.15, -0.1) is 0 Å². The smallest absolute Gasteiger partial charge is 0.163 e. The van der Waals surface area contributed by atoms with Crippen LogP contribution in [0.1, 0.15) is 5.56 Å². The van der Waals surface area contributed by atoms with E-state index < -0.39 is 0 Å². The first-order valence-corrected chi connectivity index (χ1v) is 4.95. The largest absolute Gasteiger partial charge is 0.454 e. The lowest BCUT2D eigenvalue weighted by Gasteiger charge is -2.06. The van der Waals surface area contributed by atoms with Crippen molar-refractivity contribution in [2.45, 2.75) is 0 Å². The minimum Gasteiger partial charge on any atom is -0.454 e. The van der Waals surface area contributed by atoms with Crippen LogP contribution >= 0.6 is 11.6 Å². The molecule has 1 aromatic carbocycles. The highest BCUT2D eigenvalue weighted by molar-refractivity contribution is 6.30. The van der Waals surface area contributed by atoms with Crippen LogP contribution in [-0.2, 0) is 0 Å². The molecule has 3 nitrogen and oxygen atoms in total. The number of benzene rings is 1. The van der Waals surface area contributed by atoms with Crippen LogP contribution in [0.5, 0.6) is 11.5 Å². The van der Waals surface area contributed by atoms with Crippen molar-refractivity contribution in [3.63, 3.8) is 0 Å². The van der Waals surface area contributed by atoms with E-state index in [1.165, 1.54) is 6.20 Å². The van der Waals surface area contributed by atoms with E-state index in [9.17, 15) is 0 Å². The molecule has 2 aromatic rings. The Hall–Kier alpha value is -2.05. The molecule has 0 aliphatic carbocycles. The van der Waals surface area contributed by atoms with Crippen LogP contribution in [0.2, 0.25) is 5.02 Å². The molecule has 0 unspecified atom stereocenters. The number of aromatic nitrogens is 1. The molecule has 0 saturated carbocycles. The molecule has 0 fully saturated rings.